The Labute approximate surface area is 164 Å². The highest BCUT2D eigenvalue weighted by atomic mass is 19.1. The summed E-state index contributed by atoms with van der Waals surface area (Å²) in [5.74, 6) is -0.257. The van der Waals surface area contributed by atoms with Gasteiger partial charge in [0.1, 0.15) is 5.82 Å². The van der Waals surface area contributed by atoms with Crippen LogP contribution in [0.4, 0.5) is 10.1 Å². The number of pyridine rings is 1. The van der Waals surface area contributed by atoms with Gasteiger partial charge in [0.05, 0.1) is 11.7 Å². The van der Waals surface area contributed by atoms with Gasteiger partial charge in [-0.25, -0.2) is 4.39 Å². The highest BCUT2D eigenvalue weighted by molar-refractivity contribution is 5.95. The highest BCUT2D eigenvalue weighted by Crippen LogP contribution is 2.25. The van der Waals surface area contributed by atoms with E-state index in [1.807, 2.05) is 42.5 Å². The van der Waals surface area contributed by atoms with E-state index in [4.69, 9.17) is 0 Å². The fourth-order valence-corrected chi connectivity index (χ4v) is 3.66. The van der Waals surface area contributed by atoms with Crippen molar-refractivity contribution in [3.8, 4) is 11.1 Å². The van der Waals surface area contributed by atoms with Gasteiger partial charge in [0, 0.05) is 18.4 Å². The quantitative estimate of drug-likeness (QED) is 0.715. The Hall–Kier alpha value is -3.05. The SMILES string of the molecule is O=C(Nc1cccc(-c2ccc(F)cc2)c1)[C@@H]1CCCN1Cc1ccccn1. The Bertz CT molecular complexity index is 944. The van der Waals surface area contributed by atoms with Crippen LogP contribution in [0, 0.1) is 5.82 Å². The molecule has 1 aromatic heterocycles. The molecule has 1 aliphatic heterocycles. The van der Waals surface area contributed by atoms with Crippen molar-refractivity contribution in [3.05, 3.63) is 84.4 Å². The number of amides is 1. The number of rotatable bonds is 5. The Morgan fingerprint density at radius 1 is 1.07 bits per heavy atom. The number of carbonyl (C=O) groups excluding carboxylic acids is 1. The van der Waals surface area contributed by atoms with Crippen molar-refractivity contribution in [1.82, 2.24) is 9.88 Å². The summed E-state index contributed by atoms with van der Waals surface area (Å²) in [6.07, 6.45) is 3.62. The molecule has 0 saturated carbocycles. The van der Waals surface area contributed by atoms with E-state index in [0.29, 0.717) is 6.54 Å². The molecule has 0 radical (unpaired) electrons. The standard InChI is InChI=1S/C23H22FN3O/c24-19-11-9-17(10-12-19)18-5-3-7-20(15-18)26-23(28)22-8-4-14-27(22)16-21-6-1-2-13-25-21/h1-3,5-7,9-13,15,22H,4,8,14,16H2,(H,26,28)/t22-/m0/s1. The van der Waals surface area contributed by atoms with Gasteiger partial charge in [0.15, 0.2) is 0 Å². The number of aromatic nitrogens is 1. The van der Waals surface area contributed by atoms with Crippen LogP contribution in [0.2, 0.25) is 0 Å². The second-order valence-electron chi connectivity index (χ2n) is 7.03. The minimum atomic E-state index is -0.262. The Kier molecular flexibility index (Phi) is 5.44. The number of carbonyl (C=O) groups is 1. The van der Waals surface area contributed by atoms with Gasteiger partial charge in [0.25, 0.3) is 0 Å². The van der Waals surface area contributed by atoms with Crippen molar-refractivity contribution >= 4 is 11.6 Å². The highest BCUT2D eigenvalue weighted by Gasteiger charge is 2.30. The zero-order valence-corrected chi connectivity index (χ0v) is 15.5. The number of hydrogen-bond acceptors (Lipinski definition) is 3. The van der Waals surface area contributed by atoms with Crippen LogP contribution in [0.3, 0.4) is 0 Å². The first-order valence-corrected chi connectivity index (χ1v) is 9.50. The second-order valence-corrected chi connectivity index (χ2v) is 7.03. The smallest absolute Gasteiger partial charge is 0.241 e. The van der Waals surface area contributed by atoms with Crippen LogP contribution < -0.4 is 5.32 Å². The Morgan fingerprint density at radius 3 is 2.71 bits per heavy atom. The molecule has 2 aromatic carbocycles. The van der Waals surface area contributed by atoms with Crippen molar-refractivity contribution in [2.45, 2.75) is 25.4 Å². The van der Waals surface area contributed by atoms with Crippen LogP contribution in [0.5, 0.6) is 0 Å². The lowest BCUT2D eigenvalue weighted by molar-refractivity contribution is -0.120. The summed E-state index contributed by atoms with van der Waals surface area (Å²) in [6.45, 7) is 1.57. The van der Waals surface area contributed by atoms with Crippen molar-refractivity contribution in [3.63, 3.8) is 0 Å². The molecule has 1 amide bonds. The third-order valence-electron chi connectivity index (χ3n) is 5.07. The van der Waals surface area contributed by atoms with Crippen LogP contribution in [0.25, 0.3) is 11.1 Å². The summed E-state index contributed by atoms with van der Waals surface area (Å²) >= 11 is 0. The second kappa shape index (κ2) is 8.31. The van der Waals surface area contributed by atoms with Gasteiger partial charge >= 0.3 is 0 Å². The summed E-state index contributed by atoms with van der Waals surface area (Å²) in [4.78, 5) is 19.4. The third kappa shape index (κ3) is 4.26. The van der Waals surface area contributed by atoms with Gasteiger partial charge in [-0.1, -0.05) is 30.3 Å². The molecule has 0 bridgehead atoms. The molecule has 1 N–H and O–H groups in total. The number of hydrogen-bond donors (Lipinski definition) is 1. The number of nitrogens with zero attached hydrogens (tertiary/aromatic N) is 2. The molecule has 0 spiro atoms. The van der Waals surface area contributed by atoms with Gasteiger partial charge in [-0.3, -0.25) is 14.7 Å². The van der Waals surface area contributed by atoms with Gasteiger partial charge in [-0.2, -0.15) is 0 Å². The Morgan fingerprint density at radius 2 is 1.93 bits per heavy atom. The first kappa shape index (κ1) is 18.3. The van der Waals surface area contributed by atoms with Gasteiger partial charge in [-0.15, -0.1) is 0 Å². The van der Waals surface area contributed by atoms with E-state index in [1.54, 1.807) is 18.3 Å². The molecular weight excluding hydrogens is 353 g/mol. The fraction of sp³-hybridized carbons (Fsp3) is 0.217. The minimum absolute atomic E-state index is 0.00434. The number of anilines is 1. The molecular formula is C23H22FN3O. The minimum Gasteiger partial charge on any atom is -0.325 e. The predicted molar refractivity (Wildman–Crippen MR) is 108 cm³/mol. The lowest BCUT2D eigenvalue weighted by Crippen LogP contribution is -2.39. The van der Waals surface area contributed by atoms with Crippen molar-refractivity contribution < 1.29 is 9.18 Å². The molecule has 5 heteroatoms. The van der Waals surface area contributed by atoms with Crippen molar-refractivity contribution in [1.29, 1.82) is 0 Å². The van der Waals surface area contributed by atoms with E-state index < -0.39 is 0 Å². The number of likely N-dealkylation sites (tertiary alicyclic amines) is 1. The molecule has 0 unspecified atom stereocenters. The maximum absolute atomic E-state index is 13.2. The Balaban J connectivity index is 1.45. The first-order chi connectivity index (χ1) is 13.7. The topological polar surface area (TPSA) is 45.2 Å². The van der Waals surface area contributed by atoms with Crippen LogP contribution in [0.1, 0.15) is 18.5 Å². The molecule has 3 aromatic rings. The largest absolute Gasteiger partial charge is 0.325 e. The molecule has 0 aliphatic carbocycles. The average Bonchev–Trinajstić information content (AvgIpc) is 3.18. The van der Waals surface area contributed by atoms with Crippen molar-refractivity contribution in [2.24, 2.45) is 0 Å². The monoisotopic (exact) mass is 375 g/mol. The van der Waals surface area contributed by atoms with Gasteiger partial charge < -0.3 is 5.32 Å². The van der Waals surface area contributed by atoms with E-state index in [2.05, 4.69) is 15.2 Å². The zero-order valence-electron chi connectivity index (χ0n) is 15.5. The summed E-state index contributed by atoms with van der Waals surface area (Å²) < 4.78 is 13.2. The van der Waals surface area contributed by atoms with Crippen LogP contribution in [-0.4, -0.2) is 28.4 Å². The number of benzene rings is 2. The van der Waals surface area contributed by atoms with Gasteiger partial charge in [0.2, 0.25) is 5.91 Å². The molecule has 1 saturated heterocycles. The molecule has 1 atom stereocenters. The normalized spacial score (nSPS) is 16.8. The first-order valence-electron chi connectivity index (χ1n) is 9.50. The lowest BCUT2D eigenvalue weighted by atomic mass is 10.0. The number of nitrogens with one attached hydrogen (secondary N) is 1. The summed E-state index contributed by atoms with van der Waals surface area (Å²) in [5.41, 5.74) is 3.57. The number of halogens is 1. The van der Waals surface area contributed by atoms with E-state index in [-0.39, 0.29) is 17.8 Å². The third-order valence-corrected chi connectivity index (χ3v) is 5.07. The van der Waals surface area contributed by atoms with Crippen LogP contribution in [-0.2, 0) is 11.3 Å². The van der Waals surface area contributed by atoms with E-state index in [1.165, 1.54) is 12.1 Å². The van der Waals surface area contributed by atoms with E-state index in [0.717, 1.165) is 41.9 Å². The van der Waals surface area contributed by atoms with E-state index >= 15 is 0 Å². The summed E-state index contributed by atoms with van der Waals surface area (Å²) in [6, 6.07) is 19.7. The van der Waals surface area contributed by atoms with Crippen LogP contribution in [0.15, 0.2) is 72.9 Å². The maximum Gasteiger partial charge on any atom is 0.241 e. The molecule has 2 heterocycles. The summed E-state index contributed by atoms with van der Waals surface area (Å²) in [5, 5.41) is 3.05. The van der Waals surface area contributed by atoms with Gasteiger partial charge in [-0.05, 0) is 66.9 Å². The summed E-state index contributed by atoms with van der Waals surface area (Å²) in [7, 11) is 0. The molecule has 1 aliphatic rings. The van der Waals surface area contributed by atoms with Crippen molar-refractivity contribution in [2.75, 3.05) is 11.9 Å². The molecule has 4 rings (SSSR count). The van der Waals surface area contributed by atoms with Crippen LogP contribution >= 0.6 is 0 Å². The molecule has 4 nitrogen and oxygen atoms in total. The molecule has 28 heavy (non-hydrogen) atoms. The lowest BCUT2D eigenvalue weighted by Gasteiger charge is -2.23. The fourth-order valence-electron chi connectivity index (χ4n) is 3.66. The zero-order chi connectivity index (χ0) is 19.3. The molecule has 142 valence electrons. The maximum atomic E-state index is 13.2. The predicted octanol–water partition coefficient (Wildman–Crippen LogP) is 4.49. The average molecular weight is 375 g/mol. The van der Waals surface area contributed by atoms with E-state index in [9.17, 15) is 9.18 Å². The molecule has 1 fully saturated rings.